The third kappa shape index (κ3) is 2.67. The molecule has 1 N–H and O–H groups in total. The van der Waals surface area contributed by atoms with Crippen molar-refractivity contribution in [2.45, 2.75) is 0 Å². The van der Waals surface area contributed by atoms with Gasteiger partial charge in [-0.15, -0.1) is 0 Å². The molecule has 0 radical (unpaired) electrons. The van der Waals surface area contributed by atoms with Gasteiger partial charge in [0, 0.05) is 12.1 Å². The van der Waals surface area contributed by atoms with Gasteiger partial charge in [-0.3, -0.25) is 10.1 Å². The summed E-state index contributed by atoms with van der Waals surface area (Å²) < 4.78 is 12.2. The number of benzene rings is 2. The third-order valence-corrected chi connectivity index (χ3v) is 3.70. The zero-order valence-electron chi connectivity index (χ0n) is 13.1. The van der Waals surface area contributed by atoms with Crippen molar-refractivity contribution >= 4 is 5.69 Å². The molecule has 3 rings (SSSR count). The van der Waals surface area contributed by atoms with Crippen molar-refractivity contribution in [3.8, 4) is 34.4 Å². The molecule has 1 aromatic heterocycles. The molecule has 0 fully saturated rings. The highest BCUT2D eigenvalue weighted by molar-refractivity contribution is 5.65. The summed E-state index contributed by atoms with van der Waals surface area (Å²) in [5.41, 5.74) is 1.54. The Bertz CT molecular complexity index is 900. The molecule has 122 valence electrons. The minimum atomic E-state index is -0.481. The van der Waals surface area contributed by atoms with Gasteiger partial charge in [0.15, 0.2) is 0 Å². The van der Waals surface area contributed by atoms with Crippen LogP contribution in [0.25, 0.3) is 22.7 Å². The Morgan fingerprint density at radius 1 is 1.17 bits per heavy atom. The van der Waals surface area contributed by atoms with Crippen molar-refractivity contribution in [2.24, 2.45) is 7.05 Å². The number of rotatable bonds is 4. The number of ether oxygens (including phenoxy) is 1. The van der Waals surface area contributed by atoms with E-state index in [0.717, 1.165) is 5.56 Å². The minimum absolute atomic E-state index is 0.0564. The lowest BCUT2D eigenvalue weighted by Crippen LogP contribution is -2.30. The maximum atomic E-state index is 10.9. The summed E-state index contributed by atoms with van der Waals surface area (Å²) in [6.07, 6.45) is 0. The van der Waals surface area contributed by atoms with E-state index in [-0.39, 0.29) is 11.6 Å². The van der Waals surface area contributed by atoms with E-state index in [4.69, 9.17) is 9.15 Å². The second-order valence-electron chi connectivity index (χ2n) is 5.16. The normalized spacial score (nSPS) is 10.6. The highest BCUT2D eigenvalue weighted by Gasteiger charge is 2.29. The van der Waals surface area contributed by atoms with E-state index in [1.165, 1.54) is 12.1 Å². The molecule has 0 unspecified atom stereocenters. The van der Waals surface area contributed by atoms with E-state index >= 15 is 0 Å². The molecule has 2 aromatic carbocycles. The van der Waals surface area contributed by atoms with Gasteiger partial charge in [0.05, 0.1) is 23.2 Å². The second-order valence-corrected chi connectivity index (χ2v) is 5.16. The Kier molecular flexibility index (Phi) is 3.91. The molecule has 0 aliphatic rings. The van der Waals surface area contributed by atoms with Crippen LogP contribution in [0, 0.1) is 10.1 Å². The van der Waals surface area contributed by atoms with Crippen molar-refractivity contribution in [1.82, 2.24) is 0 Å². The predicted molar refractivity (Wildman–Crippen MR) is 85.6 cm³/mol. The van der Waals surface area contributed by atoms with Gasteiger partial charge < -0.3 is 14.3 Å². The van der Waals surface area contributed by atoms with Crippen molar-refractivity contribution in [3.63, 3.8) is 0 Å². The van der Waals surface area contributed by atoms with Crippen molar-refractivity contribution in [3.05, 3.63) is 58.6 Å². The Labute approximate surface area is 137 Å². The molecular weight excluding hydrogens is 312 g/mol. The fourth-order valence-corrected chi connectivity index (χ4v) is 2.52. The van der Waals surface area contributed by atoms with Crippen LogP contribution in [0.4, 0.5) is 5.69 Å². The summed E-state index contributed by atoms with van der Waals surface area (Å²) in [5.74, 6) is 0.830. The third-order valence-electron chi connectivity index (χ3n) is 3.70. The maximum absolute atomic E-state index is 10.9. The van der Waals surface area contributed by atoms with Gasteiger partial charge in [0.25, 0.3) is 11.4 Å². The summed E-state index contributed by atoms with van der Waals surface area (Å²) in [7, 11) is 3.30. The predicted octanol–water partition coefficient (Wildman–Crippen LogP) is 3.06. The second kappa shape index (κ2) is 6.04. The lowest BCUT2D eigenvalue weighted by Gasteiger charge is -1.99. The van der Waals surface area contributed by atoms with Crippen LogP contribution in [0.3, 0.4) is 0 Å². The summed E-state index contributed by atoms with van der Waals surface area (Å²) in [6.45, 7) is 0. The Morgan fingerprint density at radius 2 is 1.88 bits per heavy atom. The molecule has 0 atom stereocenters. The van der Waals surface area contributed by atoms with Gasteiger partial charge in [-0.1, -0.05) is 6.07 Å². The molecule has 24 heavy (non-hydrogen) atoms. The summed E-state index contributed by atoms with van der Waals surface area (Å²) in [6, 6.07) is 13.2. The van der Waals surface area contributed by atoms with E-state index in [0.29, 0.717) is 22.9 Å². The Hall–Kier alpha value is -3.35. The summed E-state index contributed by atoms with van der Waals surface area (Å²) in [4.78, 5) is 10.5. The van der Waals surface area contributed by atoms with E-state index in [2.05, 4.69) is 0 Å². The van der Waals surface area contributed by atoms with Crippen LogP contribution in [0.2, 0.25) is 0 Å². The number of oxazole rings is 1. The molecule has 7 heteroatoms. The van der Waals surface area contributed by atoms with Crippen LogP contribution in [-0.4, -0.2) is 17.1 Å². The number of non-ortho nitro benzene ring substituents is 1. The molecule has 3 aromatic rings. The molecule has 0 aliphatic heterocycles. The standard InChI is InChI=1S/C17H14N2O5/c1-18-15(12-4-3-5-13(10-12)19(21)22)17(20)24-16(18)11-6-8-14(23-2)9-7-11/h3-10H,1-2H3/p+1. The number of nitrogens with zero attached hydrogens (tertiary/aromatic N) is 2. The van der Waals surface area contributed by atoms with Crippen LogP contribution in [0.5, 0.6) is 11.7 Å². The lowest BCUT2D eigenvalue weighted by molar-refractivity contribution is -0.652. The van der Waals surface area contributed by atoms with Crippen LogP contribution >= 0.6 is 0 Å². The monoisotopic (exact) mass is 327 g/mol. The zero-order valence-corrected chi connectivity index (χ0v) is 13.1. The van der Waals surface area contributed by atoms with E-state index < -0.39 is 4.92 Å². The fraction of sp³-hybridized carbons (Fsp3) is 0.118. The summed E-state index contributed by atoms with van der Waals surface area (Å²) in [5, 5.41) is 21.1. The van der Waals surface area contributed by atoms with Crippen molar-refractivity contribution < 1.29 is 23.8 Å². The largest absolute Gasteiger partial charge is 0.497 e. The molecule has 0 saturated carbocycles. The lowest BCUT2D eigenvalue weighted by atomic mass is 10.1. The first kappa shape index (κ1) is 15.5. The zero-order chi connectivity index (χ0) is 17.3. The summed E-state index contributed by atoms with van der Waals surface area (Å²) >= 11 is 0. The smallest absolute Gasteiger partial charge is 0.383 e. The van der Waals surface area contributed by atoms with Crippen LogP contribution in [0.15, 0.2) is 52.9 Å². The Morgan fingerprint density at radius 3 is 2.50 bits per heavy atom. The van der Waals surface area contributed by atoms with Gasteiger partial charge in [-0.2, -0.15) is 4.57 Å². The number of nitro groups is 1. The first-order valence-corrected chi connectivity index (χ1v) is 7.12. The minimum Gasteiger partial charge on any atom is -0.497 e. The van der Waals surface area contributed by atoms with E-state index in [9.17, 15) is 15.2 Å². The number of nitro benzene ring substituents is 1. The highest BCUT2D eigenvalue weighted by atomic mass is 16.6. The van der Waals surface area contributed by atoms with Crippen molar-refractivity contribution in [2.75, 3.05) is 7.11 Å². The number of hydrogen-bond acceptors (Lipinski definition) is 5. The van der Waals surface area contributed by atoms with Gasteiger partial charge in [-0.05, 0) is 30.3 Å². The van der Waals surface area contributed by atoms with Gasteiger partial charge in [0.2, 0.25) is 0 Å². The Balaban J connectivity index is 2.09. The molecule has 0 spiro atoms. The van der Waals surface area contributed by atoms with Gasteiger partial charge in [0.1, 0.15) is 12.8 Å². The topological polar surface area (TPSA) is 89.6 Å². The average Bonchev–Trinajstić information content (AvgIpc) is 2.89. The first-order valence-electron chi connectivity index (χ1n) is 7.12. The number of aromatic hydroxyl groups is 1. The first-order chi connectivity index (χ1) is 11.5. The van der Waals surface area contributed by atoms with Gasteiger partial charge >= 0.3 is 11.8 Å². The highest BCUT2D eigenvalue weighted by Crippen LogP contribution is 2.33. The molecule has 7 nitrogen and oxygen atoms in total. The quantitative estimate of drug-likeness (QED) is 0.452. The fourth-order valence-electron chi connectivity index (χ4n) is 2.52. The molecule has 1 heterocycles. The van der Waals surface area contributed by atoms with Crippen molar-refractivity contribution in [1.29, 1.82) is 0 Å². The molecule has 0 amide bonds. The number of methoxy groups -OCH3 is 1. The number of hydrogen-bond donors (Lipinski definition) is 1. The molecule has 0 bridgehead atoms. The van der Waals surface area contributed by atoms with E-state index in [1.54, 1.807) is 55.1 Å². The van der Waals surface area contributed by atoms with Crippen LogP contribution in [-0.2, 0) is 7.05 Å². The van der Waals surface area contributed by atoms with Crippen LogP contribution < -0.4 is 9.30 Å². The van der Waals surface area contributed by atoms with Crippen LogP contribution in [0.1, 0.15) is 0 Å². The molecule has 0 saturated heterocycles. The average molecular weight is 327 g/mol. The molecule has 0 aliphatic carbocycles. The van der Waals surface area contributed by atoms with Gasteiger partial charge in [-0.25, -0.2) is 0 Å². The maximum Gasteiger partial charge on any atom is 0.383 e. The SMILES string of the molecule is COc1ccc(-c2oc(O)c(-c3cccc([N+](=O)[O-])c3)[n+]2C)cc1. The molecular formula is C17H15N2O5+. The number of aromatic nitrogens is 1. The van der Waals surface area contributed by atoms with E-state index in [1.807, 2.05) is 0 Å².